The van der Waals surface area contributed by atoms with Crippen LogP contribution in [-0.4, -0.2) is 63.5 Å². The zero-order valence-electron chi connectivity index (χ0n) is 25.7. The zero-order valence-corrected chi connectivity index (χ0v) is 27.3. The first-order valence-corrected chi connectivity index (χ1v) is 16.9. The Morgan fingerprint density at radius 2 is 1.59 bits per heavy atom. The van der Waals surface area contributed by atoms with Crippen LogP contribution in [0.15, 0.2) is 110 Å². The van der Waals surface area contributed by atoms with E-state index in [2.05, 4.69) is 20.1 Å². The van der Waals surface area contributed by atoms with Crippen LogP contribution in [0.4, 0.5) is 11.4 Å². The van der Waals surface area contributed by atoms with Crippen LogP contribution in [0.2, 0.25) is 5.02 Å². The fourth-order valence-corrected chi connectivity index (χ4v) is 10.5. The van der Waals surface area contributed by atoms with Gasteiger partial charge in [0.2, 0.25) is 11.8 Å². The number of amides is 3. The second-order valence-corrected chi connectivity index (χ2v) is 14.1. The van der Waals surface area contributed by atoms with Gasteiger partial charge in [0.15, 0.2) is 0 Å². The molecule has 3 amide bonds. The number of hydrogen-bond acceptors (Lipinski definition) is 5. The van der Waals surface area contributed by atoms with Gasteiger partial charge in [-0.2, -0.15) is 0 Å². The van der Waals surface area contributed by atoms with E-state index in [0.29, 0.717) is 22.7 Å². The molecule has 0 aliphatic carbocycles. The highest BCUT2D eigenvalue weighted by Gasteiger charge is 2.77. The number of carbonyl (C=O) groups is 3. The molecule has 46 heavy (non-hydrogen) atoms. The summed E-state index contributed by atoms with van der Waals surface area (Å²) < 4.78 is -0.904. The van der Waals surface area contributed by atoms with Crippen LogP contribution in [0.1, 0.15) is 24.9 Å². The molecule has 7 atom stereocenters. The summed E-state index contributed by atoms with van der Waals surface area (Å²) in [6.45, 7) is 9.95. The number of carbonyl (C=O) groups excluding carboxylic acids is 3. The standard InChI is InChI=1S/C37H38ClN3O4S/c1-4-20-39(26-16-10-7-11-17-26)34(43)31-30-22-24(3)37(46-30)32(31)35(44)41(29(23-42)25-14-8-6-9-15-25)33(37)36(45)40(21-5-2)28-19-13-12-18-27(28)38/h4-19,24,29-33,42H,1-2,20-23H2,3H3/t24?,29-,30-,31+,32+,33?,37?/m1/s1. The molecular formula is C37H38ClN3O4S. The number of hydrogen-bond donors (Lipinski definition) is 1. The molecule has 3 fully saturated rings. The molecule has 6 rings (SSSR count). The third-order valence-electron chi connectivity index (χ3n) is 9.76. The monoisotopic (exact) mass is 655 g/mol. The third kappa shape index (κ3) is 5.07. The fraction of sp³-hybridized carbons (Fsp3) is 0.324. The quantitative estimate of drug-likeness (QED) is 0.251. The number of fused-ring (bicyclic) bond motifs is 1. The van der Waals surface area contributed by atoms with E-state index in [1.807, 2.05) is 66.7 Å². The summed E-state index contributed by atoms with van der Waals surface area (Å²) in [4.78, 5) is 49.6. The van der Waals surface area contributed by atoms with E-state index >= 15 is 9.59 Å². The van der Waals surface area contributed by atoms with Gasteiger partial charge >= 0.3 is 0 Å². The summed E-state index contributed by atoms with van der Waals surface area (Å²) >= 11 is 8.25. The lowest BCUT2D eigenvalue weighted by atomic mass is 9.65. The zero-order chi connectivity index (χ0) is 32.6. The third-order valence-corrected chi connectivity index (χ3v) is 12.2. The topological polar surface area (TPSA) is 81.2 Å². The number of aliphatic hydroxyl groups is 1. The van der Waals surface area contributed by atoms with E-state index in [-0.39, 0.29) is 48.6 Å². The Bertz CT molecular complexity index is 1640. The minimum atomic E-state index is -0.967. The smallest absolute Gasteiger partial charge is 0.251 e. The van der Waals surface area contributed by atoms with E-state index in [4.69, 9.17) is 11.6 Å². The molecule has 1 spiro atoms. The normalized spacial score (nSPS) is 26.8. The maximum atomic E-state index is 15.1. The highest BCUT2D eigenvalue weighted by Crippen LogP contribution is 2.69. The number of benzene rings is 3. The van der Waals surface area contributed by atoms with E-state index in [9.17, 15) is 9.90 Å². The van der Waals surface area contributed by atoms with E-state index in [1.54, 1.807) is 56.8 Å². The van der Waals surface area contributed by atoms with Crippen molar-refractivity contribution >= 4 is 52.5 Å². The van der Waals surface area contributed by atoms with Crippen molar-refractivity contribution in [3.8, 4) is 0 Å². The molecule has 3 unspecified atom stereocenters. The first-order chi connectivity index (χ1) is 22.3. The summed E-state index contributed by atoms with van der Waals surface area (Å²) in [6, 6.07) is 24.1. The lowest BCUT2D eigenvalue weighted by Gasteiger charge is -2.42. The molecule has 3 saturated heterocycles. The summed E-state index contributed by atoms with van der Waals surface area (Å²) in [5, 5.41) is 11.1. The van der Waals surface area contributed by atoms with Gasteiger partial charge in [-0.3, -0.25) is 14.4 Å². The second-order valence-electron chi connectivity index (χ2n) is 12.2. The molecule has 3 aliphatic heterocycles. The summed E-state index contributed by atoms with van der Waals surface area (Å²) in [5.41, 5.74) is 1.96. The largest absolute Gasteiger partial charge is 0.394 e. The number of aliphatic hydroxyl groups excluding tert-OH is 1. The minimum Gasteiger partial charge on any atom is -0.394 e. The number of para-hydroxylation sites is 2. The first-order valence-electron chi connectivity index (χ1n) is 15.6. The highest BCUT2D eigenvalue weighted by atomic mass is 35.5. The number of likely N-dealkylation sites (tertiary alicyclic amines) is 1. The van der Waals surface area contributed by atoms with Gasteiger partial charge in [0.05, 0.1) is 39.9 Å². The van der Waals surface area contributed by atoms with Gasteiger partial charge in [-0.05, 0) is 42.2 Å². The molecule has 2 bridgehead atoms. The molecule has 0 saturated carbocycles. The Morgan fingerprint density at radius 3 is 2.22 bits per heavy atom. The predicted octanol–water partition coefficient (Wildman–Crippen LogP) is 6.15. The molecule has 3 aromatic carbocycles. The van der Waals surface area contributed by atoms with Crippen molar-refractivity contribution < 1.29 is 19.5 Å². The SMILES string of the molecule is C=CCN(C(=O)[C@@H]1[C@H]2C(=O)N([C@H](CO)c3ccccc3)C(C(=O)N(CC=C)c3ccccc3Cl)C23S[C@@H]1CC3C)c1ccccc1. The van der Waals surface area contributed by atoms with Crippen LogP contribution < -0.4 is 9.80 Å². The average molecular weight is 656 g/mol. The van der Waals surface area contributed by atoms with Gasteiger partial charge < -0.3 is 19.8 Å². The van der Waals surface area contributed by atoms with Gasteiger partial charge in [-0.25, -0.2) is 0 Å². The van der Waals surface area contributed by atoms with Gasteiger partial charge in [0.1, 0.15) is 6.04 Å². The Kier molecular flexibility index (Phi) is 9.15. The Morgan fingerprint density at radius 1 is 0.978 bits per heavy atom. The fourth-order valence-electron chi connectivity index (χ4n) is 7.88. The number of thioether (sulfide) groups is 1. The average Bonchev–Trinajstić information content (AvgIpc) is 3.67. The molecule has 1 N–H and O–H groups in total. The highest BCUT2D eigenvalue weighted by molar-refractivity contribution is 8.02. The van der Waals surface area contributed by atoms with Crippen LogP contribution in [0.3, 0.4) is 0 Å². The number of rotatable bonds is 11. The Labute approximate surface area is 279 Å². The van der Waals surface area contributed by atoms with E-state index in [0.717, 1.165) is 5.69 Å². The van der Waals surface area contributed by atoms with Gasteiger partial charge in [-0.1, -0.05) is 91.3 Å². The van der Waals surface area contributed by atoms with Crippen molar-refractivity contribution in [2.24, 2.45) is 17.8 Å². The maximum Gasteiger partial charge on any atom is 0.251 e. The lowest BCUT2D eigenvalue weighted by Crippen LogP contribution is -2.58. The molecular weight excluding hydrogens is 618 g/mol. The molecule has 3 heterocycles. The van der Waals surface area contributed by atoms with Crippen molar-refractivity contribution in [1.82, 2.24) is 4.90 Å². The molecule has 9 heteroatoms. The van der Waals surface area contributed by atoms with Crippen LogP contribution in [0.5, 0.6) is 0 Å². The molecule has 7 nitrogen and oxygen atoms in total. The molecule has 3 aromatic rings. The molecule has 238 valence electrons. The van der Waals surface area contributed by atoms with Gasteiger partial charge in [0.25, 0.3) is 5.91 Å². The summed E-state index contributed by atoms with van der Waals surface area (Å²) in [6.07, 6.45) is 4.01. The Hall–Kier alpha value is -3.85. The van der Waals surface area contributed by atoms with Gasteiger partial charge in [-0.15, -0.1) is 24.9 Å². The van der Waals surface area contributed by atoms with Crippen LogP contribution >= 0.6 is 23.4 Å². The molecule has 0 radical (unpaired) electrons. The molecule has 3 aliphatic rings. The van der Waals surface area contributed by atoms with E-state index < -0.39 is 28.7 Å². The predicted molar refractivity (Wildman–Crippen MR) is 185 cm³/mol. The van der Waals surface area contributed by atoms with Crippen LogP contribution in [-0.2, 0) is 14.4 Å². The van der Waals surface area contributed by atoms with Crippen LogP contribution in [0, 0.1) is 17.8 Å². The number of halogens is 1. The minimum absolute atomic E-state index is 0.0593. The van der Waals surface area contributed by atoms with Crippen molar-refractivity contribution in [1.29, 1.82) is 0 Å². The number of anilines is 2. The summed E-state index contributed by atoms with van der Waals surface area (Å²) in [7, 11) is 0. The second kappa shape index (κ2) is 13.1. The first kappa shape index (κ1) is 32.1. The number of nitrogens with zero attached hydrogens (tertiary/aromatic N) is 3. The lowest BCUT2D eigenvalue weighted by molar-refractivity contribution is -0.142. The summed E-state index contributed by atoms with van der Waals surface area (Å²) in [5.74, 6) is -2.23. The van der Waals surface area contributed by atoms with Crippen molar-refractivity contribution in [3.05, 3.63) is 121 Å². The van der Waals surface area contributed by atoms with Crippen molar-refractivity contribution in [2.75, 3.05) is 29.5 Å². The molecule has 0 aromatic heterocycles. The van der Waals surface area contributed by atoms with Gasteiger partial charge in [0, 0.05) is 24.0 Å². The Balaban J connectivity index is 1.51. The van der Waals surface area contributed by atoms with Crippen molar-refractivity contribution in [3.63, 3.8) is 0 Å². The van der Waals surface area contributed by atoms with E-state index in [1.165, 1.54) is 0 Å². The van der Waals surface area contributed by atoms with Crippen LogP contribution in [0.25, 0.3) is 0 Å². The maximum absolute atomic E-state index is 15.1. The van der Waals surface area contributed by atoms with Crippen molar-refractivity contribution in [2.45, 2.75) is 35.4 Å².